The molecule has 116 valence electrons. The zero-order valence-electron chi connectivity index (χ0n) is 12.6. The highest BCUT2D eigenvalue weighted by Gasteiger charge is 2.24. The maximum Gasteiger partial charge on any atom is 0.223 e. The Morgan fingerprint density at radius 3 is 3.05 bits per heavy atom. The Kier molecular flexibility index (Phi) is 5.88. The molecule has 1 amide bonds. The van der Waals surface area contributed by atoms with Crippen LogP contribution in [0.1, 0.15) is 32.3 Å². The molecule has 1 aliphatic rings. The van der Waals surface area contributed by atoms with E-state index in [2.05, 4.69) is 17.6 Å². The Bertz CT molecular complexity index is 493. The molecule has 0 bridgehead atoms. The highest BCUT2D eigenvalue weighted by atomic mass is 35.5. The smallest absolute Gasteiger partial charge is 0.223 e. The van der Waals surface area contributed by atoms with E-state index in [9.17, 15) is 4.79 Å². The lowest BCUT2D eigenvalue weighted by Crippen LogP contribution is -2.42. The molecular weight excluding hydrogens is 288 g/mol. The minimum Gasteiger partial charge on any atom is -0.493 e. The van der Waals surface area contributed by atoms with Gasteiger partial charge in [0.05, 0.1) is 6.61 Å². The van der Waals surface area contributed by atoms with Gasteiger partial charge in [0, 0.05) is 29.1 Å². The van der Waals surface area contributed by atoms with Crippen molar-refractivity contribution in [3.8, 4) is 5.75 Å². The first-order valence-electron chi connectivity index (χ1n) is 7.52. The topological polar surface area (TPSA) is 50.4 Å². The van der Waals surface area contributed by atoms with Gasteiger partial charge in [-0.2, -0.15) is 0 Å². The normalized spacial score (nSPS) is 21.9. The Morgan fingerprint density at radius 2 is 2.33 bits per heavy atom. The average Bonchev–Trinajstić information content (AvgIpc) is 2.46. The van der Waals surface area contributed by atoms with Gasteiger partial charge in [0.25, 0.3) is 0 Å². The summed E-state index contributed by atoms with van der Waals surface area (Å²) in [6.07, 6.45) is 1.79. The van der Waals surface area contributed by atoms with Gasteiger partial charge in [-0.3, -0.25) is 4.79 Å². The van der Waals surface area contributed by atoms with Crippen molar-refractivity contribution in [3.05, 3.63) is 28.8 Å². The summed E-state index contributed by atoms with van der Waals surface area (Å²) in [5.41, 5.74) is 0.955. The summed E-state index contributed by atoms with van der Waals surface area (Å²) < 4.78 is 5.57. The zero-order valence-corrected chi connectivity index (χ0v) is 13.4. The average molecular weight is 311 g/mol. The molecule has 0 saturated carbocycles. The molecule has 0 unspecified atom stereocenters. The summed E-state index contributed by atoms with van der Waals surface area (Å²) in [5, 5.41) is 7.02. The highest BCUT2D eigenvalue weighted by molar-refractivity contribution is 6.30. The number of ether oxygens (including phenoxy) is 1. The molecule has 0 aliphatic carbocycles. The van der Waals surface area contributed by atoms with Crippen molar-refractivity contribution in [1.29, 1.82) is 0 Å². The number of rotatable bonds is 5. The van der Waals surface area contributed by atoms with Gasteiger partial charge in [-0.15, -0.1) is 0 Å². The van der Waals surface area contributed by atoms with Crippen LogP contribution in [-0.4, -0.2) is 25.1 Å². The van der Waals surface area contributed by atoms with E-state index >= 15 is 0 Å². The van der Waals surface area contributed by atoms with E-state index in [1.807, 2.05) is 19.1 Å². The minimum atomic E-state index is 0.101. The zero-order chi connectivity index (χ0) is 15.2. The highest BCUT2D eigenvalue weighted by Crippen LogP contribution is 2.24. The van der Waals surface area contributed by atoms with E-state index in [-0.39, 0.29) is 11.8 Å². The number of benzene rings is 1. The van der Waals surface area contributed by atoms with Crippen LogP contribution in [0.3, 0.4) is 0 Å². The second-order valence-electron chi connectivity index (χ2n) is 5.48. The van der Waals surface area contributed by atoms with Crippen LogP contribution in [-0.2, 0) is 11.3 Å². The molecule has 0 aromatic heterocycles. The fraction of sp³-hybridized carbons (Fsp3) is 0.562. The first-order valence-corrected chi connectivity index (χ1v) is 7.90. The van der Waals surface area contributed by atoms with Crippen molar-refractivity contribution in [1.82, 2.24) is 10.6 Å². The molecule has 1 saturated heterocycles. The standard InChI is InChI=1S/C16H23ClN2O2/c1-3-21-15-9-14(17)5-4-13(15)10-19-16(20)12-6-7-18-11(2)8-12/h4-5,9,11-12,18H,3,6-8,10H2,1-2H3,(H,19,20)/t11-,12-/m0/s1. The molecule has 1 aliphatic heterocycles. The molecule has 1 aromatic rings. The molecule has 21 heavy (non-hydrogen) atoms. The minimum absolute atomic E-state index is 0.101. The van der Waals surface area contributed by atoms with Crippen molar-refractivity contribution in [3.63, 3.8) is 0 Å². The van der Waals surface area contributed by atoms with Gasteiger partial charge in [-0.1, -0.05) is 17.7 Å². The van der Waals surface area contributed by atoms with Crippen molar-refractivity contribution in [2.75, 3.05) is 13.2 Å². The van der Waals surface area contributed by atoms with Gasteiger partial charge in [0.1, 0.15) is 5.75 Å². The van der Waals surface area contributed by atoms with Crippen LogP contribution in [0, 0.1) is 5.92 Å². The number of carbonyl (C=O) groups is 1. The summed E-state index contributed by atoms with van der Waals surface area (Å²) >= 11 is 5.98. The van der Waals surface area contributed by atoms with Crippen LogP contribution in [0.4, 0.5) is 0 Å². The van der Waals surface area contributed by atoms with E-state index in [1.54, 1.807) is 6.07 Å². The summed E-state index contributed by atoms with van der Waals surface area (Å²) in [7, 11) is 0. The van der Waals surface area contributed by atoms with Gasteiger partial charge in [-0.05, 0) is 45.4 Å². The van der Waals surface area contributed by atoms with E-state index in [0.717, 1.165) is 30.7 Å². The number of nitrogens with one attached hydrogen (secondary N) is 2. The summed E-state index contributed by atoms with van der Waals surface area (Å²) in [4.78, 5) is 12.2. The van der Waals surface area contributed by atoms with Crippen molar-refractivity contribution >= 4 is 17.5 Å². The molecule has 4 nitrogen and oxygen atoms in total. The third kappa shape index (κ3) is 4.61. The van der Waals surface area contributed by atoms with Gasteiger partial charge in [-0.25, -0.2) is 0 Å². The van der Waals surface area contributed by atoms with Gasteiger partial charge in [0.2, 0.25) is 5.91 Å². The Labute approximate surface area is 131 Å². The fourth-order valence-electron chi connectivity index (χ4n) is 2.66. The Morgan fingerprint density at radius 1 is 1.52 bits per heavy atom. The van der Waals surface area contributed by atoms with E-state index in [4.69, 9.17) is 16.3 Å². The number of carbonyl (C=O) groups excluding carboxylic acids is 1. The van der Waals surface area contributed by atoms with Gasteiger partial charge < -0.3 is 15.4 Å². The molecule has 0 spiro atoms. The van der Waals surface area contributed by atoms with Crippen LogP contribution >= 0.6 is 11.6 Å². The third-order valence-electron chi connectivity index (χ3n) is 3.78. The molecule has 5 heteroatoms. The SMILES string of the molecule is CCOc1cc(Cl)ccc1CNC(=O)[C@H]1CCN[C@@H](C)C1. The lowest BCUT2D eigenvalue weighted by molar-refractivity contribution is -0.126. The molecule has 1 aromatic carbocycles. The van der Waals surface area contributed by atoms with Crippen molar-refractivity contribution in [2.45, 2.75) is 39.3 Å². The molecule has 2 atom stereocenters. The molecule has 1 fully saturated rings. The summed E-state index contributed by atoms with van der Waals surface area (Å²) in [6.45, 7) is 6.01. The van der Waals surface area contributed by atoms with Crippen LogP contribution in [0.2, 0.25) is 5.02 Å². The molecular formula is C16H23ClN2O2. The fourth-order valence-corrected chi connectivity index (χ4v) is 2.82. The number of piperidine rings is 1. The summed E-state index contributed by atoms with van der Waals surface area (Å²) in [5.74, 6) is 0.967. The molecule has 1 heterocycles. The van der Waals surface area contributed by atoms with Crippen LogP contribution < -0.4 is 15.4 Å². The van der Waals surface area contributed by atoms with Crippen molar-refractivity contribution < 1.29 is 9.53 Å². The van der Waals surface area contributed by atoms with E-state index in [1.165, 1.54) is 0 Å². The predicted molar refractivity (Wildman–Crippen MR) is 84.7 cm³/mol. The predicted octanol–water partition coefficient (Wildman–Crippen LogP) is 2.74. The first-order chi connectivity index (χ1) is 10.1. The number of amides is 1. The van der Waals surface area contributed by atoms with E-state index < -0.39 is 0 Å². The van der Waals surface area contributed by atoms with Gasteiger partial charge in [0.15, 0.2) is 0 Å². The second-order valence-corrected chi connectivity index (χ2v) is 5.92. The summed E-state index contributed by atoms with van der Waals surface area (Å²) in [6, 6.07) is 5.92. The Balaban J connectivity index is 1.94. The van der Waals surface area contributed by atoms with Crippen molar-refractivity contribution in [2.24, 2.45) is 5.92 Å². The molecule has 0 radical (unpaired) electrons. The van der Waals surface area contributed by atoms with Gasteiger partial charge >= 0.3 is 0 Å². The Hall–Kier alpha value is -1.26. The number of hydrogen-bond donors (Lipinski definition) is 2. The van der Waals surface area contributed by atoms with Crippen LogP contribution in [0.15, 0.2) is 18.2 Å². The monoisotopic (exact) mass is 310 g/mol. The maximum atomic E-state index is 12.2. The maximum absolute atomic E-state index is 12.2. The number of halogens is 1. The van der Waals surface area contributed by atoms with E-state index in [0.29, 0.717) is 24.2 Å². The molecule has 2 rings (SSSR count). The quantitative estimate of drug-likeness (QED) is 0.879. The van der Waals surface area contributed by atoms with Crippen LogP contribution in [0.25, 0.3) is 0 Å². The lowest BCUT2D eigenvalue weighted by atomic mass is 9.92. The lowest BCUT2D eigenvalue weighted by Gasteiger charge is -2.27. The second kappa shape index (κ2) is 7.66. The van der Waals surface area contributed by atoms with Crippen LogP contribution in [0.5, 0.6) is 5.75 Å². The molecule has 2 N–H and O–H groups in total. The third-order valence-corrected chi connectivity index (χ3v) is 4.01. The largest absolute Gasteiger partial charge is 0.493 e. The first kappa shape index (κ1) is 16.1. The number of hydrogen-bond acceptors (Lipinski definition) is 3.